The number of carbonyl (C=O) groups is 1. The van der Waals surface area contributed by atoms with Gasteiger partial charge in [0.05, 0.1) is 17.6 Å². The van der Waals surface area contributed by atoms with E-state index in [-0.39, 0.29) is 5.91 Å². The van der Waals surface area contributed by atoms with Crippen molar-refractivity contribution in [3.05, 3.63) is 57.6 Å². The number of nitriles is 1. The van der Waals surface area contributed by atoms with Crippen LogP contribution in [-0.2, 0) is 14.9 Å². The van der Waals surface area contributed by atoms with Crippen molar-refractivity contribution < 1.29 is 14.3 Å². The van der Waals surface area contributed by atoms with Crippen LogP contribution in [0.4, 0.5) is 5.69 Å². The van der Waals surface area contributed by atoms with Gasteiger partial charge in [0.2, 0.25) is 5.91 Å². The molecule has 0 radical (unpaired) electrons. The summed E-state index contributed by atoms with van der Waals surface area (Å²) in [6.07, 6.45) is 1.00. The van der Waals surface area contributed by atoms with Crippen LogP contribution in [0.25, 0.3) is 0 Å². The molecule has 5 nitrogen and oxygen atoms in total. The summed E-state index contributed by atoms with van der Waals surface area (Å²) >= 11 is 12.5. The smallest absolute Gasteiger partial charge is 0.235 e. The summed E-state index contributed by atoms with van der Waals surface area (Å²) < 4.78 is 10.9. The van der Waals surface area contributed by atoms with E-state index in [1.807, 2.05) is 6.92 Å². The van der Waals surface area contributed by atoms with Crippen LogP contribution in [0.1, 0.15) is 30.9 Å². The Morgan fingerprint density at radius 3 is 2.64 bits per heavy atom. The Kier molecular flexibility index (Phi) is 6.46. The molecule has 1 amide bonds. The highest BCUT2D eigenvalue weighted by molar-refractivity contribution is 6.35. The molecule has 2 aromatic rings. The Hall–Kier alpha value is -2.26. The first-order valence-electron chi connectivity index (χ1n) is 9.02. The van der Waals surface area contributed by atoms with E-state index >= 15 is 0 Å². The zero-order chi connectivity index (χ0) is 20.1. The summed E-state index contributed by atoms with van der Waals surface area (Å²) in [6.45, 7) is 3.22. The van der Waals surface area contributed by atoms with Gasteiger partial charge in [-0.1, -0.05) is 29.3 Å². The molecule has 1 N–H and O–H groups in total. The van der Waals surface area contributed by atoms with Crippen molar-refractivity contribution in [2.75, 3.05) is 25.1 Å². The fourth-order valence-electron chi connectivity index (χ4n) is 3.44. The van der Waals surface area contributed by atoms with Crippen molar-refractivity contribution in [3.63, 3.8) is 0 Å². The molecule has 1 aliphatic rings. The number of amides is 1. The van der Waals surface area contributed by atoms with E-state index < -0.39 is 5.41 Å². The summed E-state index contributed by atoms with van der Waals surface area (Å²) in [5.41, 5.74) is 0.794. The van der Waals surface area contributed by atoms with Crippen LogP contribution >= 0.6 is 23.2 Å². The minimum atomic E-state index is -0.828. The summed E-state index contributed by atoms with van der Waals surface area (Å²) in [6, 6.07) is 12.3. The van der Waals surface area contributed by atoms with Crippen LogP contribution in [-0.4, -0.2) is 25.7 Å². The lowest BCUT2D eigenvalue weighted by Gasteiger charge is -2.36. The number of carbonyl (C=O) groups excluding carboxylic acids is 1. The maximum Gasteiger partial charge on any atom is 0.235 e. The highest BCUT2D eigenvalue weighted by Gasteiger charge is 2.43. The number of nitrogens with one attached hydrogen (secondary N) is 1. The van der Waals surface area contributed by atoms with Gasteiger partial charge in [-0.2, -0.15) is 5.26 Å². The molecular weight excluding hydrogens is 399 g/mol. The highest BCUT2D eigenvalue weighted by atomic mass is 35.5. The number of ether oxygens (including phenoxy) is 2. The van der Waals surface area contributed by atoms with Gasteiger partial charge in [0.25, 0.3) is 0 Å². The van der Waals surface area contributed by atoms with E-state index in [1.54, 1.807) is 36.4 Å². The lowest BCUT2D eigenvalue weighted by molar-refractivity contribution is -0.125. The van der Waals surface area contributed by atoms with Gasteiger partial charge in [-0.3, -0.25) is 4.79 Å². The molecule has 0 unspecified atom stereocenters. The van der Waals surface area contributed by atoms with E-state index in [9.17, 15) is 10.1 Å². The molecule has 3 rings (SSSR count). The first-order valence-corrected chi connectivity index (χ1v) is 9.77. The molecule has 1 saturated heterocycles. The molecule has 2 aromatic carbocycles. The fraction of sp³-hybridized carbons (Fsp3) is 0.333. The number of hydrogen-bond acceptors (Lipinski definition) is 4. The monoisotopic (exact) mass is 418 g/mol. The Bertz CT molecular complexity index is 918. The van der Waals surface area contributed by atoms with E-state index in [2.05, 4.69) is 11.4 Å². The molecule has 0 bridgehead atoms. The third-order valence-electron chi connectivity index (χ3n) is 4.89. The Labute approximate surface area is 174 Å². The van der Waals surface area contributed by atoms with Crippen LogP contribution in [0.3, 0.4) is 0 Å². The van der Waals surface area contributed by atoms with Crippen LogP contribution in [0.15, 0.2) is 36.4 Å². The van der Waals surface area contributed by atoms with E-state index in [1.165, 1.54) is 0 Å². The third kappa shape index (κ3) is 4.10. The summed E-state index contributed by atoms with van der Waals surface area (Å²) in [7, 11) is 0. The molecule has 1 fully saturated rings. The van der Waals surface area contributed by atoms with Crippen LogP contribution in [0.2, 0.25) is 10.0 Å². The maximum atomic E-state index is 13.4. The van der Waals surface area contributed by atoms with Gasteiger partial charge >= 0.3 is 0 Å². The number of anilines is 1. The van der Waals surface area contributed by atoms with Gasteiger partial charge in [0, 0.05) is 28.9 Å². The van der Waals surface area contributed by atoms with Crippen molar-refractivity contribution in [2.45, 2.75) is 25.2 Å². The number of halogens is 2. The van der Waals surface area contributed by atoms with Crippen LogP contribution in [0, 0.1) is 11.3 Å². The normalized spacial score (nSPS) is 15.5. The van der Waals surface area contributed by atoms with Crippen molar-refractivity contribution in [2.24, 2.45) is 0 Å². The van der Waals surface area contributed by atoms with E-state index in [0.717, 1.165) is 5.56 Å². The molecule has 28 heavy (non-hydrogen) atoms. The molecule has 1 aliphatic heterocycles. The van der Waals surface area contributed by atoms with E-state index in [0.29, 0.717) is 59.7 Å². The second-order valence-electron chi connectivity index (χ2n) is 6.53. The molecule has 0 atom stereocenters. The largest absolute Gasteiger partial charge is 0.492 e. The second kappa shape index (κ2) is 8.83. The molecule has 0 aromatic heterocycles. The molecule has 146 valence electrons. The Morgan fingerprint density at radius 2 is 2.00 bits per heavy atom. The summed E-state index contributed by atoms with van der Waals surface area (Å²) in [5.74, 6) is 0.303. The van der Waals surface area contributed by atoms with Crippen molar-refractivity contribution >= 4 is 34.8 Å². The Balaban J connectivity index is 1.94. The van der Waals surface area contributed by atoms with Gasteiger partial charge in [0.15, 0.2) is 0 Å². The molecule has 1 heterocycles. The first-order chi connectivity index (χ1) is 13.5. The number of hydrogen-bond donors (Lipinski definition) is 1. The quantitative estimate of drug-likeness (QED) is 0.745. The third-order valence-corrected chi connectivity index (χ3v) is 5.43. The van der Waals surface area contributed by atoms with Crippen molar-refractivity contribution in [3.8, 4) is 11.8 Å². The zero-order valence-corrected chi connectivity index (χ0v) is 16.9. The second-order valence-corrected chi connectivity index (χ2v) is 7.37. The van der Waals surface area contributed by atoms with Gasteiger partial charge in [-0.05, 0) is 55.7 Å². The molecule has 0 saturated carbocycles. The standard InChI is InChI=1S/C21H20Cl2N2O3/c1-2-28-19-6-4-16(11-14(19)13-24)25-20(26)21(7-9-27-10-8-21)17-5-3-15(22)12-18(17)23/h3-6,11-12H,2,7-10H2,1H3,(H,25,26). The van der Waals surface area contributed by atoms with Crippen molar-refractivity contribution in [1.82, 2.24) is 0 Å². The molecule has 0 aliphatic carbocycles. The topological polar surface area (TPSA) is 71.3 Å². The van der Waals surface area contributed by atoms with Crippen molar-refractivity contribution in [1.29, 1.82) is 5.26 Å². The number of nitrogens with zero attached hydrogens (tertiary/aromatic N) is 1. The predicted octanol–water partition coefficient (Wildman–Crippen LogP) is 4.95. The van der Waals surface area contributed by atoms with Gasteiger partial charge in [0.1, 0.15) is 11.8 Å². The highest BCUT2D eigenvalue weighted by Crippen LogP contribution is 2.40. The van der Waals surface area contributed by atoms with E-state index in [4.69, 9.17) is 32.7 Å². The lowest BCUT2D eigenvalue weighted by Crippen LogP contribution is -2.45. The maximum absolute atomic E-state index is 13.4. The number of rotatable bonds is 5. The van der Waals surface area contributed by atoms with Gasteiger partial charge in [-0.25, -0.2) is 0 Å². The molecule has 0 spiro atoms. The molecule has 7 heteroatoms. The van der Waals surface area contributed by atoms with Gasteiger partial charge in [-0.15, -0.1) is 0 Å². The SMILES string of the molecule is CCOc1ccc(NC(=O)C2(c3ccc(Cl)cc3Cl)CCOCC2)cc1C#N. The van der Waals surface area contributed by atoms with Crippen LogP contribution in [0.5, 0.6) is 5.75 Å². The fourth-order valence-corrected chi connectivity index (χ4v) is 4.03. The molecular formula is C21H20Cl2N2O3. The lowest BCUT2D eigenvalue weighted by atomic mass is 9.73. The minimum absolute atomic E-state index is 0.187. The predicted molar refractivity (Wildman–Crippen MR) is 109 cm³/mol. The summed E-state index contributed by atoms with van der Waals surface area (Å²) in [4.78, 5) is 13.4. The van der Waals surface area contributed by atoms with Crippen LogP contribution < -0.4 is 10.1 Å². The summed E-state index contributed by atoms with van der Waals surface area (Å²) in [5, 5.41) is 13.3. The zero-order valence-electron chi connectivity index (χ0n) is 15.4. The van der Waals surface area contributed by atoms with Gasteiger partial charge < -0.3 is 14.8 Å². The average Bonchev–Trinajstić information content (AvgIpc) is 2.69. The first kappa shape index (κ1) is 20.5. The number of benzene rings is 2. The average molecular weight is 419 g/mol. The minimum Gasteiger partial charge on any atom is -0.492 e. The Morgan fingerprint density at radius 1 is 1.25 bits per heavy atom.